The van der Waals surface area contributed by atoms with Crippen molar-refractivity contribution in [2.75, 3.05) is 4.90 Å². The Morgan fingerprint density at radius 2 is 1.58 bits per heavy atom. The van der Waals surface area contributed by atoms with Gasteiger partial charge in [0.15, 0.2) is 0 Å². The monoisotopic (exact) mass is 632 g/mol. The number of amides is 4. The molecular formula is C30H22Br2N2O4. The van der Waals surface area contributed by atoms with Gasteiger partial charge in [-0.3, -0.25) is 14.9 Å². The molecule has 38 heavy (non-hydrogen) atoms. The van der Waals surface area contributed by atoms with Crippen LogP contribution in [-0.2, 0) is 22.6 Å². The van der Waals surface area contributed by atoms with Crippen LogP contribution in [0, 0.1) is 0 Å². The second kappa shape index (κ2) is 10.9. The third-order valence-corrected chi connectivity index (χ3v) is 7.47. The van der Waals surface area contributed by atoms with Crippen molar-refractivity contribution >= 4 is 72.2 Å². The van der Waals surface area contributed by atoms with Crippen LogP contribution in [0.15, 0.2) is 93.4 Å². The second-order valence-electron chi connectivity index (χ2n) is 8.72. The fraction of sp³-hybridized carbons (Fsp3) is 0.100. The Kier molecular flexibility index (Phi) is 7.44. The fourth-order valence-electron chi connectivity index (χ4n) is 4.31. The SMILES string of the molecule is CCc1ccc(N2C(=O)NC(=O)/C(=C/c3cc(Br)c(OCc4cccc5ccccc45)c(Br)c3)C2=O)cc1. The number of imide groups is 2. The molecule has 0 bridgehead atoms. The van der Waals surface area contributed by atoms with Crippen molar-refractivity contribution in [3.63, 3.8) is 0 Å². The molecule has 1 fully saturated rings. The average Bonchev–Trinajstić information content (AvgIpc) is 2.91. The molecule has 0 radical (unpaired) electrons. The van der Waals surface area contributed by atoms with Gasteiger partial charge in [-0.2, -0.15) is 0 Å². The van der Waals surface area contributed by atoms with E-state index in [2.05, 4.69) is 55.4 Å². The first kappa shape index (κ1) is 25.9. The zero-order valence-electron chi connectivity index (χ0n) is 20.3. The van der Waals surface area contributed by atoms with Gasteiger partial charge in [0.2, 0.25) is 0 Å². The van der Waals surface area contributed by atoms with Gasteiger partial charge < -0.3 is 4.74 Å². The van der Waals surface area contributed by atoms with Crippen molar-refractivity contribution in [3.8, 4) is 5.75 Å². The van der Waals surface area contributed by atoms with Crippen LogP contribution in [0.25, 0.3) is 16.8 Å². The summed E-state index contributed by atoms with van der Waals surface area (Å²) in [5.41, 5.74) is 2.95. The van der Waals surface area contributed by atoms with Gasteiger partial charge >= 0.3 is 6.03 Å². The summed E-state index contributed by atoms with van der Waals surface area (Å²) < 4.78 is 7.43. The van der Waals surface area contributed by atoms with Crippen molar-refractivity contribution in [2.45, 2.75) is 20.0 Å². The van der Waals surface area contributed by atoms with Crippen LogP contribution in [0.3, 0.4) is 0 Å². The van der Waals surface area contributed by atoms with E-state index in [9.17, 15) is 14.4 Å². The topological polar surface area (TPSA) is 75.7 Å². The lowest BCUT2D eigenvalue weighted by molar-refractivity contribution is -0.122. The molecule has 0 saturated carbocycles. The molecular weight excluding hydrogens is 612 g/mol. The summed E-state index contributed by atoms with van der Waals surface area (Å²) in [5, 5.41) is 4.52. The number of urea groups is 1. The highest BCUT2D eigenvalue weighted by Crippen LogP contribution is 2.36. The van der Waals surface area contributed by atoms with E-state index in [1.807, 2.05) is 43.3 Å². The van der Waals surface area contributed by atoms with Crippen molar-refractivity contribution in [1.82, 2.24) is 5.32 Å². The molecule has 5 rings (SSSR count). The molecule has 0 aromatic heterocycles. The Labute approximate surface area is 236 Å². The maximum absolute atomic E-state index is 13.2. The molecule has 1 heterocycles. The molecule has 4 aromatic rings. The van der Waals surface area contributed by atoms with Gasteiger partial charge in [0, 0.05) is 0 Å². The van der Waals surface area contributed by atoms with E-state index in [0.29, 0.717) is 32.6 Å². The van der Waals surface area contributed by atoms with E-state index in [4.69, 9.17) is 4.74 Å². The molecule has 1 aliphatic heterocycles. The summed E-state index contributed by atoms with van der Waals surface area (Å²) >= 11 is 7.11. The Hall–Kier alpha value is -3.75. The van der Waals surface area contributed by atoms with Gasteiger partial charge in [0.05, 0.1) is 14.6 Å². The molecule has 0 atom stereocenters. The van der Waals surface area contributed by atoms with E-state index in [1.165, 1.54) is 6.08 Å². The number of hydrogen-bond acceptors (Lipinski definition) is 4. The van der Waals surface area contributed by atoms with Gasteiger partial charge in [-0.25, -0.2) is 9.69 Å². The third kappa shape index (κ3) is 5.14. The van der Waals surface area contributed by atoms with Crippen LogP contribution >= 0.6 is 31.9 Å². The van der Waals surface area contributed by atoms with Crippen molar-refractivity contribution in [2.24, 2.45) is 0 Å². The number of carbonyl (C=O) groups excluding carboxylic acids is 3. The lowest BCUT2D eigenvalue weighted by Crippen LogP contribution is -2.54. The maximum Gasteiger partial charge on any atom is 0.335 e. The molecule has 6 nitrogen and oxygen atoms in total. The first-order valence-corrected chi connectivity index (χ1v) is 13.5. The number of aryl methyl sites for hydroxylation is 1. The number of hydrogen-bond donors (Lipinski definition) is 1. The van der Waals surface area contributed by atoms with Crippen molar-refractivity contribution in [3.05, 3.63) is 110 Å². The van der Waals surface area contributed by atoms with Gasteiger partial charge in [0.1, 0.15) is 17.9 Å². The summed E-state index contributed by atoms with van der Waals surface area (Å²) in [7, 11) is 0. The summed E-state index contributed by atoms with van der Waals surface area (Å²) in [5.74, 6) is -0.844. The minimum absolute atomic E-state index is 0.146. The van der Waals surface area contributed by atoms with Crippen LogP contribution in [0.2, 0.25) is 0 Å². The van der Waals surface area contributed by atoms with Gasteiger partial charge in [-0.05, 0) is 96.1 Å². The number of barbiturate groups is 1. The normalized spacial score (nSPS) is 14.8. The molecule has 1 saturated heterocycles. The number of benzene rings is 4. The van der Waals surface area contributed by atoms with E-state index in [0.717, 1.165) is 33.2 Å². The van der Waals surface area contributed by atoms with Crippen LogP contribution < -0.4 is 15.0 Å². The number of anilines is 1. The van der Waals surface area contributed by atoms with Gasteiger partial charge in [-0.1, -0.05) is 61.5 Å². The molecule has 1 aliphatic rings. The van der Waals surface area contributed by atoms with E-state index >= 15 is 0 Å². The average molecular weight is 634 g/mol. The quantitative estimate of drug-likeness (QED) is 0.180. The lowest BCUT2D eigenvalue weighted by atomic mass is 10.1. The predicted octanol–water partition coefficient (Wildman–Crippen LogP) is 7.17. The van der Waals surface area contributed by atoms with Crippen LogP contribution in [-0.4, -0.2) is 17.8 Å². The molecule has 0 unspecified atom stereocenters. The summed E-state index contributed by atoms with van der Waals surface area (Å²) in [6.07, 6.45) is 2.29. The zero-order valence-corrected chi connectivity index (χ0v) is 23.5. The summed E-state index contributed by atoms with van der Waals surface area (Å²) in [6.45, 7) is 2.37. The minimum atomic E-state index is -0.777. The third-order valence-electron chi connectivity index (χ3n) is 6.29. The highest BCUT2D eigenvalue weighted by Gasteiger charge is 2.36. The second-order valence-corrected chi connectivity index (χ2v) is 10.4. The first-order valence-electron chi connectivity index (χ1n) is 11.9. The number of rotatable bonds is 6. The number of ether oxygens (including phenoxy) is 1. The lowest BCUT2D eigenvalue weighted by Gasteiger charge is -2.26. The molecule has 1 N–H and O–H groups in total. The van der Waals surface area contributed by atoms with Crippen molar-refractivity contribution in [1.29, 1.82) is 0 Å². The number of fused-ring (bicyclic) bond motifs is 1. The number of nitrogens with zero attached hydrogens (tertiary/aromatic N) is 1. The van der Waals surface area contributed by atoms with Gasteiger partial charge in [-0.15, -0.1) is 0 Å². The number of halogens is 2. The Bertz CT molecular complexity index is 1580. The highest BCUT2D eigenvalue weighted by atomic mass is 79.9. The maximum atomic E-state index is 13.2. The first-order chi connectivity index (χ1) is 18.4. The standard InChI is InChI=1S/C30H22Br2N2O4/c1-2-18-10-12-22(13-11-18)34-29(36)24(28(35)33-30(34)37)14-19-15-25(31)27(26(32)16-19)38-17-21-8-5-7-20-6-3-4-9-23(20)21/h3-16H,2,17H2,1H3,(H,33,35,37)/b24-14-. The Morgan fingerprint density at radius 3 is 2.29 bits per heavy atom. The number of carbonyl (C=O) groups is 3. The number of nitrogens with one attached hydrogen (secondary N) is 1. The van der Waals surface area contributed by atoms with E-state index in [1.54, 1.807) is 24.3 Å². The fourth-order valence-corrected chi connectivity index (χ4v) is 5.76. The largest absolute Gasteiger partial charge is 0.487 e. The van der Waals surface area contributed by atoms with Crippen LogP contribution in [0.1, 0.15) is 23.6 Å². The predicted molar refractivity (Wildman–Crippen MR) is 155 cm³/mol. The Balaban J connectivity index is 1.41. The zero-order chi connectivity index (χ0) is 26.8. The molecule has 0 spiro atoms. The molecule has 0 aliphatic carbocycles. The highest BCUT2D eigenvalue weighted by molar-refractivity contribution is 9.11. The van der Waals surface area contributed by atoms with Gasteiger partial charge in [0.25, 0.3) is 11.8 Å². The summed E-state index contributed by atoms with van der Waals surface area (Å²) in [6, 6.07) is 24.0. The summed E-state index contributed by atoms with van der Waals surface area (Å²) in [4.78, 5) is 39.3. The Morgan fingerprint density at radius 1 is 0.895 bits per heavy atom. The smallest absolute Gasteiger partial charge is 0.335 e. The van der Waals surface area contributed by atoms with E-state index < -0.39 is 17.8 Å². The van der Waals surface area contributed by atoms with Crippen molar-refractivity contribution < 1.29 is 19.1 Å². The molecule has 190 valence electrons. The molecule has 4 aromatic carbocycles. The van der Waals surface area contributed by atoms with Crippen LogP contribution in [0.4, 0.5) is 10.5 Å². The minimum Gasteiger partial charge on any atom is -0.487 e. The van der Waals surface area contributed by atoms with E-state index in [-0.39, 0.29) is 5.57 Å². The van der Waals surface area contributed by atoms with Crippen LogP contribution in [0.5, 0.6) is 5.75 Å². The molecule has 4 amide bonds. The molecule has 8 heteroatoms.